The standard InChI is InChI=1S/C14H28N2O2/c1-14(17-2)6-3-7-16(11-14)13(10-15)12-4-8-18-9-5-12/h12-13H,3-11,15H2,1-2H3. The molecule has 2 unspecified atom stereocenters. The summed E-state index contributed by atoms with van der Waals surface area (Å²) in [7, 11) is 1.83. The fourth-order valence-corrected chi connectivity index (χ4v) is 3.43. The van der Waals surface area contributed by atoms with E-state index in [-0.39, 0.29) is 5.60 Å². The van der Waals surface area contributed by atoms with Gasteiger partial charge in [0.15, 0.2) is 0 Å². The molecule has 2 aliphatic rings. The number of nitrogens with zero attached hydrogens (tertiary/aromatic N) is 1. The average molecular weight is 256 g/mol. The second kappa shape index (κ2) is 6.33. The van der Waals surface area contributed by atoms with Crippen molar-refractivity contribution in [1.82, 2.24) is 4.90 Å². The highest BCUT2D eigenvalue weighted by Gasteiger charge is 2.36. The van der Waals surface area contributed by atoms with E-state index >= 15 is 0 Å². The van der Waals surface area contributed by atoms with Gasteiger partial charge >= 0.3 is 0 Å². The Bertz CT molecular complexity index is 256. The van der Waals surface area contributed by atoms with Gasteiger partial charge in [-0.15, -0.1) is 0 Å². The van der Waals surface area contributed by atoms with Crippen molar-refractivity contribution in [3.63, 3.8) is 0 Å². The van der Waals surface area contributed by atoms with Crippen LogP contribution in [-0.4, -0.2) is 56.5 Å². The third kappa shape index (κ3) is 3.23. The van der Waals surface area contributed by atoms with Crippen LogP contribution in [0.1, 0.15) is 32.6 Å². The lowest BCUT2D eigenvalue weighted by Gasteiger charge is -2.45. The van der Waals surface area contributed by atoms with Gasteiger partial charge in [0.05, 0.1) is 5.60 Å². The normalized spacial score (nSPS) is 33.5. The number of hydrogen-bond donors (Lipinski definition) is 1. The Hall–Kier alpha value is -0.160. The zero-order valence-electron chi connectivity index (χ0n) is 11.9. The Kier molecular flexibility index (Phi) is 5.01. The molecule has 0 aromatic carbocycles. The molecule has 0 spiro atoms. The van der Waals surface area contributed by atoms with Gasteiger partial charge in [-0.25, -0.2) is 0 Å². The SMILES string of the molecule is COC1(C)CCCN(C(CN)C2CCOCC2)C1. The second-order valence-corrected chi connectivity index (χ2v) is 5.98. The molecule has 0 aliphatic carbocycles. The summed E-state index contributed by atoms with van der Waals surface area (Å²) in [6.45, 7) is 6.95. The van der Waals surface area contributed by atoms with Gasteiger partial charge in [-0.1, -0.05) is 0 Å². The van der Waals surface area contributed by atoms with Crippen LogP contribution in [0.2, 0.25) is 0 Å². The Morgan fingerprint density at radius 1 is 1.44 bits per heavy atom. The predicted molar refractivity (Wildman–Crippen MR) is 72.6 cm³/mol. The molecule has 0 aromatic rings. The number of likely N-dealkylation sites (tertiary alicyclic amines) is 1. The molecule has 2 N–H and O–H groups in total. The van der Waals surface area contributed by atoms with E-state index in [2.05, 4.69) is 11.8 Å². The van der Waals surface area contributed by atoms with E-state index in [1.807, 2.05) is 7.11 Å². The zero-order valence-corrected chi connectivity index (χ0v) is 11.9. The number of nitrogens with two attached hydrogens (primary N) is 1. The Labute approximate surface area is 111 Å². The van der Waals surface area contributed by atoms with Crippen LogP contribution >= 0.6 is 0 Å². The van der Waals surface area contributed by atoms with Crippen LogP contribution in [0.4, 0.5) is 0 Å². The second-order valence-electron chi connectivity index (χ2n) is 5.98. The van der Waals surface area contributed by atoms with Crippen LogP contribution in [0.3, 0.4) is 0 Å². The molecule has 4 nitrogen and oxygen atoms in total. The average Bonchev–Trinajstić information content (AvgIpc) is 2.41. The first-order valence-corrected chi connectivity index (χ1v) is 7.25. The minimum Gasteiger partial charge on any atom is -0.381 e. The van der Waals surface area contributed by atoms with Crippen LogP contribution in [-0.2, 0) is 9.47 Å². The van der Waals surface area contributed by atoms with Gasteiger partial charge in [-0.3, -0.25) is 4.90 Å². The Morgan fingerprint density at radius 2 is 2.17 bits per heavy atom. The van der Waals surface area contributed by atoms with Crippen molar-refractivity contribution >= 4 is 0 Å². The molecule has 0 saturated carbocycles. The molecule has 0 amide bonds. The Balaban J connectivity index is 1.98. The summed E-state index contributed by atoms with van der Waals surface area (Å²) in [4.78, 5) is 2.56. The van der Waals surface area contributed by atoms with Crippen LogP contribution < -0.4 is 5.73 Å². The Morgan fingerprint density at radius 3 is 2.78 bits per heavy atom. The maximum absolute atomic E-state index is 6.04. The van der Waals surface area contributed by atoms with Gasteiger partial charge in [0.25, 0.3) is 0 Å². The molecule has 2 atom stereocenters. The molecule has 106 valence electrons. The number of rotatable bonds is 4. The molecule has 2 fully saturated rings. The molecular weight excluding hydrogens is 228 g/mol. The van der Waals surface area contributed by atoms with Crippen molar-refractivity contribution < 1.29 is 9.47 Å². The predicted octanol–water partition coefficient (Wildman–Crippen LogP) is 1.24. The molecule has 0 bridgehead atoms. The van der Waals surface area contributed by atoms with E-state index in [0.717, 1.165) is 52.1 Å². The summed E-state index contributed by atoms with van der Waals surface area (Å²) in [6.07, 6.45) is 4.68. The molecule has 4 heteroatoms. The van der Waals surface area contributed by atoms with Crippen molar-refractivity contribution in [2.45, 2.75) is 44.2 Å². The zero-order chi connectivity index (χ0) is 13.0. The smallest absolute Gasteiger partial charge is 0.0777 e. The van der Waals surface area contributed by atoms with Crippen molar-refractivity contribution in [3.05, 3.63) is 0 Å². The van der Waals surface area contributed by atoms with Gasteiger partial charge in [0.2, 0.25) is 0 Å². The van der Waals surface area contributed by atoms with E-state index in [1.54, 1.807) is 0 Å². The highest BCUT2D eigenvalue weighted by Crippen LogP contribution is 2.29. The highest BCUT2D eigenvalue weighted by molar-refractivity contribution is 4.91. The van der Waals surface area contributed by atoms with E-state index in [0.29, 0.717) is 12.0 Å². The lowest BCUT2D eigenvalue weighted by atomic mass is 9.87. The minimum atomic E-state index is 0.0108. The molecular formula is C14H28N2O2. The van der Waals surface area contributed by atoms with Crippen molar-refractivity contribution in [2.75, 3.05) is 40.0 Å². The third-order valence-electron chi connectivity index (χ3n) is 4.70. The van der Waals surface area contributed by atoms with Gasteiger partial charge in [-0.05, 0) is 45.1 Å². The van der Waals surface area contributed by atoms with Gasteiger partial charge < -0.3 is 15.2 Å². The van der Waals surface area contributed by atoms with Crippen molar-refractivity contribution in [2.24, 2.45) is 11.7 Å². The van der Waals surface area contributed by atoms with Gasteiger partial charge in [-0.2, -0.15) is 0 Å². The third-order valence-corrected chi connectivity index (χ3v) is 4.70. The van der Waals surface area contributed by atoms with Crippen LogP contribution in [0.5, 0.6) is 0 Å². The fourth-order valence-electron chi connectivity index (χ4n) is 3.43. The maximum Gasteiger partial charge on any atom is 0.0777 e. The van der Waals surface area contributed by atoms with Crippen LogP contribution in [0.25, 0.3) is 0 Å². The molecule has 0 aromatic heterocycles. The topological polar surface area (TPSA) is 47.7 Å². The van der Waals surface area contributed by atoms with Crippen LogP contribution in [0.15, 0.2) is 0 Å². The quantitative estimate of drug-likeness (QED) is 0.822. The van der Waals surface area contributed by atoms with E-state index in [4.69, 9.17) is 15.2 Å². The summed E-state index contributed by atoms with van der Waals surface area (Å²) < 4.78 is 11.1. The molecule has 18 heavy (non-hydrogen) atoms. The number of ether oxygens (including phenoxy) is 2. The first kappa shape index (κ1) is 14.3. The summed E-state index contributed by atoms with van der Waals surface area (Å²) in [5.41, 5.74) is 6.05. The molecule has 2 aliphatic heterocycles. The van der Waals surface area contributed by atoms with E-state index in [1.165, 1.54) is 6.42 Å². The summed E-state index contributed by atoms with van der Waals surface area (Å²) in [5, 5.41) is 0. The maximum atomic E-state index is 6.04. The first-order chi connectivity index (χ1) is 8.68. The first-order valence-electron chi connectivity index (χ1n) is 7.25. The monoisotopic (exact) mass is 256 g/mol. The number of methoxy groups -OCH3 is 1. The van der Waals surface area contributed by atoms with Gasteiger partial charge in [0, 0.05) is 39.5 Å². The van der Waals surface area contributed by atoms with Crippen LogP contribution in [0, 0.1) is 5.92 Å². The lowest BCUT2D eigenvalue weighted by Crippen LogP contribution is -2.55. The molecule has 2 heterocycles. The summed E-state index contributed by atoms with van der Waals surface area (Å²) in [5.74, 6) is 0.697. The largest absolute Gasteiger partial charge is 0.381 e. The number of hydrogen-bond acceptors (Lipinski definition) is 4. The highest BCUT2D eigenvalue weighted by atomic mass is 16.5. The summed E-state index contributed by atoms with van der Waals surface area (Å²) in [6, 6.07) is 0.503. The minimum absolute atomic E-state index is 0.0108. The van der Waals surface area contributed by atoms with E-state index < -0.39 is 0 Å². The lowest BCUT2D eigenvalue weighted by molar-refractivity contribution is -0.0728. The van der Waals surface area contributed by atoms with Gasteiger partial charge in [0.1, 0.15) is 0 Å². The van der Waals surface area contributed by atoms with Crippen molar-refractivity contribution in [3.8, 4) is 0 Å². The number of piperidine rings is 1. The summed E-state index contributed by atoms with van der Waals surface area (Å²) >= 11 is 0. The molecule has 2 rings (SSSR count). The fraction of sp³-hybridized carbons (Fsp3) is 1.00. The molecule has 2 saturated heterocycles. The molecule has 0 radical (unpaired) electrons. The van der Waals surface area contributed by atoms with E-state index in [9.17, 15) is 0 Å². The van der Waals surface area contributed by atoms with Crippen molar-refractivity contribution in [1.29, 1.82) is 0 Å².